The largest absolute Gasteiger partial charge is 0.497 e. The molecule has 1 fully saturated rings. The number of carbonyl (C=O) groups excluding carboxylic acids is 2. The van der Waals surface area contributed by atoms with Gasteiger partial charge in [-0.3, -0.25) is 19.7 Å². The molecule has 1 aliphatic heterocycles. The van der Waals surface area contributed by atoms with E-state index in [-0.39, 0.29) is 30.5 Å². The Kier molecular flexibility index (Phi) is 5.44. The van der Waals surface area contributed by atoms with Gasteiger partial charge in [0.25, 0.3) is 5.69 Å². The predicted molar refractivity (Wildman–Crippen MR) is 102 cm³/mol. The van der Waals surface area contributed by atoms with Crippen molar-refractivity contribution in [3.8, 4) is 11.5 Å². The van der Waals surface area contributed by atoms with Crippen molar-refractivity contribution < 1.29 is 24.0 Å². The SMILES string of the molecule is COc1ccc(N2C[C@@H](C(=O)Nc3cccc([N+](=O)[O-])c3)CC2=O)c(OC)c1. The summed E-state index contributed by atoms with van der Waals surface area (Å²) in [5.74, 6) is -0.107. The highest BCUT2D eigenvalue weighted by molar-refractivity contribution is 6.04. The molecule has 9 heteroatoms. The van der Waals surface area contributed by atoms with Crippen molar-refractivity contribution in [2.24, 2.45) is 5.92 Å². The van der Waals surface area contributed by atoms with Crippen LogP contribution in [0.1, 0.15) is 6.42 Å². The smallest absolute Gasteiger partial charge is 0.271 e. The van der Waals surface area contributed by atoms with Gasteiger partial charge in [0.15, 0.2) is 0 Å². The monoisotopic (exact) mass is 385 g/mol. The molecule has 1 saturated heterocycles. The molecule has 146 valence electrons. The number of methoxy groups -OCH3 is 2. The van der Waals surface area contributed by atoms with Gasteiger partial charge in [-0.25, -0.2) is 0 Å². The number of nitrogens with zero attached hydrogens (tertiary/aromatic N) is 2. The minimum atomic E-state index is -0.585. The fourth-order valence-corrected chi connectivity index (χ4v) is 3.07. The summed E-state index contributed by atoms with van der Waals surface area (Å²) in [6.45, 7) is 0.183. The quantitative estimate of drug-likeness (QED) is 0.604. The average Bonchev–Trinajstić information content (AvgIpc) is 3.09. The van der Waals surface area contributed by atoms with Gasteiger partial charge in [0, 0.05) is 36.9 Å². The summed E-state index contributed by atoms with van der Waals surface area (Å²) in [7, 11) is 3.02. The van der Waals surface area contributed by atoms with Crippen LogP contribution >= 0.6 is 0 Å². The molecule has 0 spiro atoms. The molecule has 2 aromatic rings. The number of hydrogen-bond donors (Lipinski definition) is 1. The maximum Gasteiger partial charge on any atom is 0.271 e. The highest BCUT2D eigenvalue weighted by atomic mass is 16.6. The van der Waals surface area contributed by atoms with Gasteiger partial charge in [-0.1, -0.05) is 6.07 Å². The highest BCUT2D eigenvalue weighted by Gasteiger charge is 2.36. The predicted octanol–water partition coefficient (Wildman–Crippen LogP) is 2.60. The molecule has 9 nitrogen and oxygen atoms in total. The number of rotatable bonds is 6. The fraction of sp³-hybridized carbons (Fsp3) is 0.263. The second kappa shape index (κ2) is 7.95. The first-order chi connectivity index (χ1) is 13.4. The van der Waals surface area contributed by atoms with Crippen LogP contribution in [-0.2, 0) is 9.59 Å². The zero-order valence-corrected chi connectivity index (χ0v) is 15.4. The molecule has 0 saturated carbocycles. The van der Waals surface area contributed by atoms with E-state index in [0.29, 0.717) is 22.9 Å². The van der Waals surface area contributed by atoms with E-state index < -0.39 is 10.8 Å². The van der Waals surface area contributed by atoms with Crippen LogP contribution < -0.4 is 19.7 Å². The van der Waals surface area contributed by atoms with Gasteiger partial charge >= 0.3 is 0 Å². The summed E-state index contributed by atoms with van der Waals surface area (Å²) in [5.41, 5.74) is 0.746. The molecule has 0 aliphatic carbocycles. The Morgan fingerprint density at radius 2 is 2.00 bits per heavy atom. The summed E-state index contributed by atoms with van der Waals surface area (Å²) < 4.78 is 10.5. The number of hydrogen-bond acceptors (Lipinski definition) is 6. The number of nitrogens with one attached hydrogen (secondary N) is 1. The van der Waals surface area contributed by atoms with Gasteiger partial charge in [-0.2, -0.15) is 0 Å². The molecule has 28 heavy (non-hydrogen) atoms. The number of anilines is 2. The minimum absolute atomic E-state index is 0.0376. The zero-order valence-electron chi connectivity index (χ0n) is 15.4. The summed E-state index contributed by atoms with van der Waals surface area (Å²) >= 11 is 0. The van der Waals surface area contributed by atoms with Crippen molar-refractivity contribution >= 4 is 28.9 Å². The molecule has 0 unspecified atom stereocenters. The third-order valence-corrected chi connectivity index (χ3v) is 4.50. The van der Waals surface area contributed by atoms with Crippen LogP contribution in [0.3, 0.4) is 0 Å². The summed E-state index contributed by atoms with van der Waals surface area (Å²) in [5, 5.41) is 13.5. The van der Waals surface area contributed by atoms with Crippen molar-refractivity contribution in [2.75, 3.05) is 31.0 Å². The lowest BCUT2D eigenvalue weighted by molar-refractivity contribution is -0.384. The maximum atomic E-state index is 12.6. The van der Waals surface area contributed by atoms with Gasteiger partial charge in [0.2, 0.25) is 11.8 Å². The van der Waals surface area contributed by atoms with Gasteiger partial charge in [-0.05, 0) is 18.2 Å². The van der Waals surface area contributed by atoms with E-state index in [1.165, 1.54) is 37.3 Å². The molecule has 3 rings (SSSR count). The second-order valence-corrected chi connectivity index (χ2v) is 6.24. The van der Waals surface area contributed by atoms with Gasteiger partial charge in [-0.15, -0.1) is 0 Å². The molecule has 0 aromatic heterocycles. The molecule has 0 radical (unpaired) electrons. The third-order valence-electron chi connectivity index (χ3n) is 4.50. The van der Waals surface area contributed by atoms with E-state index in [9.17, 15) is 19.7 Å². The van der Waals surface area contributed by atoms with Crippen LogP contribution in [0.25, 0.3) is 0 Å². The van der Waals surface area contributed by atoms with E-state index in [1.54, 1.807) is 24.3 Å². The Bertz CT molecular complexity index is 930. The van der Waals surface area contributed by atoms with E-state index >= 15 is 0 Å². The van der Waals surface area contributed by atoms with Crippen LogP contribution in [0.5, 0.6) is 11.5 Å². The molecule has 1 aliphatic rings. The highest BCUT2D eigenvalue weighted by Crippen LogP contribution is 2.36. The van der Waals surface area contributed by atoms with E-state index in [1.807, 2.05) is 0 Å². The second-order valence-electron chi connectivity index (χ2n) is 6.24. The number of benzene rings is 2. The zero-order chi connectivity index (χ0) is 20.3. The Hall–Kier alpha value is -3.62. The Labute approximate surface area is 161 Å². The fourth-order valence-electron chi connectivity index (χ4n) is 3.07. The minimum Gasteiger partial charge on any atom is -0.497 e. The van der Waals surface area contributed by atoms with Crippen molar-refractivity contribution in [2.45, 2.75) is 6.42 Å². The lowest BCUT2D eigenvalue weighted by Crippen LogP contribution is -2.28. The lowest BCUT2D eigenvalue weighted by Gasteiger charge is -2.20. The van der Waals surface area contributed by atoms with Crippen LogP contribution in [0.2, 0.25) is 0 Å². The van der Waals surface area contributed by atoms with E-state index in [0.717, 1.165) is 0 Å². The molecule has 1 N–H and O–H groups in total. The normalized spacial score (nSPS) is 16.0. The number of nitro groups is 1. The Morgan fingerprint density at radius 3 is 2.68 bits per heavy atom. The van der Waals surface area contributed by atoms with E-state index in [2.05, 4.69) is 5.32 Å². The molecule has 1 atom stereocenters. The summed E-state index contributed by atoms with van der Waals surface area (Å²) in [6, 6.07) is 10.7. The number of non-ortho nitro benzene ring substituents is 1. The van der Waals surface area contributed by atoms with E-state index in [4.69, 9.17) is 9.47 Å². The topological polar surface area (TPSA) is 111 Å². The molecular formula is C19H19N3O6. The third kappa shape index (κ3) is 3.88. The Balaban J connectivity index is 1.75. The van der Waals surface area contributed by atoms with Crippen LogP contribution in [-0.4, -0.2) is 37.5 Å². The Morgan fingerprint density at radius 1 is 1.21 bits per heavy atom. The van der Waals surface area contributed by atoms with Crippen molar-refractivity contribution in [1.29, 1.82) is 0 Å². The molecule has 2 amide bonds. The summed E-state index contributed by atoms with van der Waals surface area (Å²) in [4.78, 5) is 36.9. The number of ether oxygens (including phenoxy) is 2. The lowest BCUT2D eigenvalue weighted by atomic mass is 10.1. The molecule has 1 heterocycles. The standard InChI is InChI=1S/C19H19N3O6/c1-27-15-6-7-16(17(10-15)28-2)21-11-12(8-18(21)23)19(24)20-13-4-3-5-14(9-13)22(25)26/h3-7,9-10,12H,8,11H2,1-2H3,(H,20,24)/t12-/m0/s1. The molecule has 2 aromatic carbocycles. The number of nitro benzene ring substituents is 1. The first-order valence-electron chi connectivity index (χ1n) is 8.50. The van der Waals surface area contributed by atoms with Crippen molar-refractivity contribution in [3.63, 3.8) is 0 Å². The first kappa shape index (κ1) is 19.2. The van der Waals surface area contributed by atoms with Crippen LogP contribution in [0.4, 0.5) is 17.1 Å². The number of carbonyl (C=O) groups is 2. The van der Waals surface area contributed by atoms with Crippen LogP contribution in [0, 0.1) is 16.0 Å². The van der Waals surface area contributed by atoms with Gasteiger partial charge in [0.05, 0.1) is 30.7 Å². The van der Waals surface area contributed by atoms with Gasteiger partial charge in [0.1, 0.15) is 11.5 Å². The van der Waals surface area contributed by atoms with Gasteiger partial charge < -0.3 is 19.7 Å². The summed E-state index contributed by atoms with van der Waals surface area (Å²) in [6.07, 6.45) is 0.0376. The van der Waals surface area contributed by atoms with Crippen LogP contribution in [0.15, 0.2) is 42.5 Å². The van der Waals surface area contributed by atoms with Crippen molar-refractivity contribution in [3.05, 3.63) is 52.6 Å². The van der Waals surface area contributed by atoms with Crippen molar-refractivity contribution in [1.82, 2.24) is 0 Å². The average molecular weight is 385 g/mol. The molecule has 0 bridgehead atoms. The first-order valence-corrected chi connectivity index (χ1v) is 8.50. The maximum absolute atomic E-state index is 12.6. The number of amides is 2. The molecular weight excluding hydrogens is 366 g/mol.